The molecule has 0 radical (unpaired) electrons. The number of halogens is 1. The Morgan fingerprint density at radius 3 is 2.65 bits per heavy atom. The molecule has 1 atom stereocenters. The van der Waals surface area contributed by atoms with Crippen LogP contribution in [0.2, 0.25) is 5.02 Å². The molecule has 1 heterocycles. The molecule has 1 unspecified atom stereocenters. The third-order valence-electron chi connectivity index (χ3n) is 6.19. The number of aliphatic imine (C=N–C) groups is 1. The molecule has 2 aromatic rings. The Balaban J connectivity index is 1.31. The molecule has 0 aromatic heterocycles. The number of hydrogen-bond acceptors (Lipinski definition) is 6. The van der Waals surface area contributed by atoms with E-state index < -0.39 is 5.60 Å². The molecule has 4 N–H and O–H groups in total. The van der Waals surface area contributed by atoms with Crippen LogP contribution in [0.4, 0.5) is 11.4 Å². The summed E-state index contributed by atoms with van der Waals surface area (Å²) in [5.74, 6) is -0.287. The van der Waals surface area contributed by atoms with Gasteiger partial charge in [0.25, 0.3) is 5.91 Å². The number of para-hydroxylation sites is 1. The van der Waals surface area contributed by atoms with Crippen molar-refractivity contribution >= 4 is 51.7 Å². The van der Waals surface area contributed by atoms with Crippen molar-refractivity contribution in [1.29, 1.82) is 0 Å². The van der Waals surface area contributed by atoms with E-state index in [2.05, 4.69) is 20.9 Å². The average Bonchev–Trinajstić information content (AvgIpc) is 3.26. The third-order valence-corrected chi connectivity index (χ3v) is 7.61. The summed E-state index contributed by atoms with van der Waals surface area (Å²) >= 11 is 7.57. The molecule has 180 valence electrons. The first-order valence-corrected chi connectivity index (χ1v) is 12.6. The number of amidine groups is 1. The van der Waals surface area contributed by atoms with Gasteiger partial charge in [-0.05, 0) is 69.4 Å². The average molecular weight is 501 g/mol. The van der Waals surface area contributed by atoms with Crippen LogP contribution < -0.4 is 16.0 Å². The topological polar surface area (TPSA) is 103 Å². The smallest absolute Gasteiger partial charge is 0.251 e. The number of benzene rings is 2. The highest BCUT2D eigenvalue weighted by Gasteiger charge is 2.30. The number of thioether (sulfide) groups is 1. The standard InChI is InChI=1S/C25H29ClN4O3S/c1-15-5-3-8-19(26)21(15)30-23(32)20-14-27-24(34-20)29-18-7-4-6-16(13-18)22(31)28-17-9-11-25(2,33)12-10-17/h3-8,13,17,20,33H,9-12,14H2,1-2H3,(H,27,29)(H,28,31)(H,30,32). The van der Waals surface area contributed by atoms with Crippen LogP contribution >= 0.6 is 23.4 Å². The SMILES string of the molecule is Cc1cccc(Cl)c1NC(=O)C1CN=C(Nc2cccc(C(=O)NC3CCC(C)(O)CC3)c2)S1. The first-order chi connectivity index (χ1) is 16.2. The lowest BCUT2D eigenvalue weighted by Crippen LogP contribution is -2.42. The summed E-state index contributed by atoms with van der Waals surface area (Å²) in [7, 11) is 0. The van der Waals surface area contributed by atoms with E-state index >= 15 is 0 Å². The first kappa shape index (κ1) is 24.6. The molecule has 1 fully saturated rings. The van der Waals surface area contributed by atoms with E-state index in [1.54, 1.807) is 18.2 Å². The predicted molar refractivity (Wildman–Crippen MR) is 139 cm³/mol. The summed E-state index contributed by atoms with van der Waals surface area (Å²) in [6, 6.07) is 12.8. The second kappa shape index (κ2) is 10.4. The second-order valence-corrected chi connectivity index (χ2v) is 10.7. The van der Waals surface area contributed by atoms with Crippen LogP contribution in [0.5, 0.6) is 0 Å². The minimum atomic E-state index is -0.633. The van der Waals surface area contributed by atoms with Gasteiger partial charge in [-0.2, -0.15) is 0 Å². The number of rotatable bonds is 5. The normalized spacial score (nSPS) is 24.3. The van der Waals surface area contributed by atoms with E-state index in [1.807, 2.05) is 38.1 Å². The van der Waals surface area contributed by atoms with Gasteiger partial charge in [0.2, 0.25) is 5.91 Å². The second-order valence-electron chi connectivity index (χ2n) is 9.12. The van der Waals surface area contributed by atoms with Crippen molar-refractivity contribution in [1.82, 2.24) is 5.32 Å². The molecule has 2 aromatic carbocycles. The molecular formula is C25H29ClN4O3S. The van der Waals surface area contributed by atoms with E-state index in [-0.39, 0.29) is 23.1 Å². The van der Waals surface area contributed by atoms with Crippen molar-refractivity contribution in [3.05, 3.63) is 58.6 Å². The molecule has 7 nitrogen and oxygen atoms in total. The van der Waals surface area contributed by atoms with Crippen molar-refractivity contribution in [2.75, 3.05) is 17.2 Å². The zero-order valence-electron chi connectivity index (χ0n) is 19.2. The lowest BCUT2D eigenvalue weighted by atomic mass is 9.83. The summed E-state index contributed by atoms with van der Waals surface area (Å²) in [6.45, 7) is 4.09. The number of aliphatic hydroxyl groups is 1. The molecule has 4 rings (SSSR count). The van der Waals surface area contributed by atoms with Gasteiger partial charge in [0.05, 0.1) is 22.9 Å². The molecular weight excluding hydrogens is 472 g/mol. The number of carbonyl (C=O) groups is 2. The summed E-state index contributed by atoms with van der Waals surface area (Å²) in [5.41, 5.74) is 2.17. The maximum Gasteiger partial charge on any atom is 0.251 e. The Morgan fingerprint density at radius 2 is 1.91 bits per heavy atom. The van der Waals surface area contributed by atoms with Crippen LogP contribution in [0.1, 0.15) is 48.5 Å². The molecule has 34 heavy (non-hydrogen) atoms. The van der Waals surface area contributed by atoms with Gasteiger partial charge in [0.15, 0.2) is 5.17 Å². The fraction of sp³-hybridized carbons (Fsp3) is 0.400. The quantitative estimate of drug-likeness (QED) is 0.480. The number of hydrogen-bond donors (Lipinski definition) is 4. The Bertz CT molecular complexity index is 1090. The van der Waals surface area contributed by atoms with Gasteiger partial charge in [0, 0.05) is 17.3 Å². The molecule has 0 saturated heterocycles. The third kappa shape index (κ3) is 6.11. The van der Waals surface area contributed by atoms with E-state index in [0.717, 1.165) is 24.1 Å². The molecule has 2 aliphatic rings. The van der Waals surface area contributed by atoms with Crippen LogP contribution in [-0.2, 0) is 4.79 Å². The molecule has 2 amide bonds. The maximum atomic E-state index is 12.7. The Kier molecular flexibility index (Phi) is 7.50. The van der Waals surface area contributed by atoms with Crippen molar-refractivity contribution in [3.8, 4) is 0 Å². The minimum absolute atomic E-state index is 0.0696. The molecule has 1 aliphatic heterocycles. The molecule has 0 bridgehead atoms. The zero-order valence-corrected chi connectivity index (χ0v) is 20.8. The van der Waals surface area contributed by atoms with Gasteiger partial charge in [-0.1, -0.05) is 41.6 Å². The number of nitrogens with one attached hydrogen (secondary N) is 3. The fourth-order valence-electron chi connectivity index (χ4n) is 4.09. The van der Waals surface area contributed by atoms with E-state index in [1.165, 1.54) is 11.8 Å². The van der Waals surface area contributed by atoms with Gasteiger partial charge in [-0.15, -0.1) is 0 Å². The first-order valence-electron chi connectivity index (χ1n) is 11.4. The highest BCUT2D eigenvalue weighted by Crippen LogP contribution is 2.29. The minimum Gasteiger partial charge on any atom is -0.390 e. The predicted octanol–water partition coefficient (Wildman–Crippen LogP) is 4.59. The number of aryl methyl sites for hydroxylation is 1. The summed E-state index contributed by atoms with van der Waals surface area (Å²) in [4.78, 5) is 29.9. The highest BCUT2D eigenvalue weighted by atomic mass is 35.5. The van der Waals surface area contributed by atoms with Crippen molar-refractivity contribution in [2.45, 2.75) is 56.4 Å². The van der Waals surface area contributed by atoms with Crippen LogP contribution in [0.3, 0.4) is 0 Å². The number of amides is 2. The van der Waals surface area contributed by atoms with E-state index in [0.29, 0.717) is 40.8 Å². The van der Waals surface area contributed by atoms with Crippen LogP contribution in [0, 0.1) is 6.92 Å². The van der Waals surface area contributed by atoms with Gasteiger partial charge >= 0.3 is 0 Å². The summed E-state index contributed by atoms with van der Waals surface area (Å²) < 4.78 is 0. The van der Waals surface area contributed by atoms with E-state index in [9.17, 15) is 14.7 Å². The summed E-state index contributed by atoms with van der Waals surface area (Å²) in [5, 5.41) is 20.1. The largest absolute Gasteiger partial charge is 0.390 e. The number of nitrogens with zero attached hydrogens (tertiary/aromatic N) is 1. The monoisotopic (exact) mass is 500 g/mol. The van der Waals surface area contributed by atoms with Gasteiger partial charge in [0.1, 0.15) is 5.25 Å². The fourth-order valence-corrected chi connectivity index (χ4v) is 5.27. The lowest BCUT2D eigenvalue weighted by Gasteiger charge is -2.33. The van der Waals surface area contributed by atoms with E-state index in [4.69, 9.17) is 11.6 Å². The van der Waals surface area contributed by atoms with Crippen molar-refractivity contribution in [3.63, 3.8) is 0 Å². The number of carbonyl (C=O) groups excluding carboxylic acids is 2. The molecule has 9 heteroatoms. The molecule has 1 saturated carbocycles. The Hall–Kier alpha value is -2.55. The van der Waals surface area contributed by atoms with Crippen LogP contribution in [0.25, 0.3) is 0 Å². The lowest BCUT2D eigenvalue weighted by molar-refractivity contribution is -0.115. The van der Waals surface area contributed by atoms with Crippen molar-refractivity contribution < 1.29 is 14.7 Å². The maximum absolute atomic E-state index is 12.7. The Labute approximate surface area is 208 Å². The van der Waals surface area contributed by atoms with Gasteiger partial charge < -0.3 is 21.1 Å². The number of anilines is 2. The molecule has 1 aliphatic carbocycles. The van der Waals surface area contributed by atoms with Gasteiger partial charge in [-0.3, -0.25) is 14.6 Å². The van der Waals surface area contributed by atoms with Gasteiger partial charge in [-0.25, -0.2) is 0 Å². The Morgan fingerprint density at radius 1 is 1.18 bits per heavy atom. The highest BCUT2D eigenvalue weighted by molar-refractivity contribution is 8.15. The molecule has 0 spiro atoms. The van der Waals surface area contributed by atoms with Crippen LogP contribution in [0.15, 0.2) is 47.5 Å². The van der Waals surface area contributed by atoms with Crippen molar-refractivity contribution in [2.24, 2.45) is 4.99 Å². The zero-order chi connectivity index (χ0) is 24.3. The summed E-state index contributed by atoms with van der Waals surface area (Å²) in [6.07, 6.45) is 2.89. The van der Waals surface area contributed by atoms with Crippen LogP contribution in [-0.4, -0.2) is 45.5 Å².